The van der Waals surface area contributed by atoms with Gasteiger partial charge in [-0.2, -0.15) is 0 Å². The molecule has 2 N–H and O–H groups in total. The summed E-state index contributed by atoms with van der Waals surface area (Å²) in [6.45, 7) is 6.25. The van der Waals surface area contributed by atoms with E-state index in [0.29, 0.717) is 43.3 Å². The van der Waals surface area contributed by atoms with Gasteiger partial charge >= 0.3 is 12.1 Å². The fourth-order valence-electron chi connectivity index (χ4n) is 5.61. The Bertz CT molecular complexity index is 1570. The van der Waals surface area contributed by atoms with Crippen LogP contribution >= 0.6 is 0 Å². The van der Waals surface area contributed by atoms with Crippen LogP contribution in [0.5, 0.6) is 0 Å². The number of aryl methyl sites for hydroxylation is 1. The molecule has 5 rings (SSSR count). The molecule has 0 bridgehead atoms. The average Bonchev–Trinajstić information content (AvgIpc) is 3.60. The minimum absolute atomic E-state index is 0.0393. The molecule has 4 heterocycles. The standard InChI is InChI=1S/C32H39N7O5/c1-5-43-24(17-33-3)19-38-21(2)35-26-14-15-34-29(30(26)38)25-12-9-13-28(37-25)36-23-16-27(31(40)42-4)39(18-23)32(41)44-20-22-10-7-6-8-11-22/h6-15,23-24,27,33H,5,16-20H2,1-4H3,(H,36,37)/t23-,24-,27-/m0/s1. The summed E-state index contributed by atoms with van der Waals surface area (Å²) in [6, 6.07) is 15.9. The van der Waals surface area contributed by atoms with Crippen LogP contribution in [0, 0.1) is 6.92 Å². The van der Waals surface area contributed by atoms with Crippen LogP contribution in [-0.4, -0.2) is 88.5 Å². The second kappa shape index (κ2) is 14.3. The molecule has 1 fully saturated rings. The van der Waals surface area contributed by atoms with Crippen molar-refractivity contribution in [3.63, 3.8) is 0 Å². The molecule has 3 atom stereocenters. The highest BCUT2D eigenvalue weighted by atomic mass is 16.6. The lowest BCUT2D eigenvalue weighted by molar-refractivity contribution is -0.145. The highest BCUT2D eigenvalue weighted by molar-refractivity contribution is 5.89. The Balaban J connectivity index is 1.36. The quantitative estimate of drug-likeness (QED) is 0.231. The third kappa shape index (κ3) is 6.98. The molecule has 0 spiro atoms. The van der Waals surface area contributed by atoms with Crippen LogP contribution in [0.1, 0.15) is 24.7 Å². The Kier molecular flexibility index (Phi) is 10.0. The predicted octanol–water partition coefficient (Wildman–Crippen LogP) is 3.79. The van der Waals surface area contributed by atoms with Gasteiger partial charge in [0.05, 0.1) is 36.5 Å². The minimum Gasteiger partial charge on any atom is -0.467 e. The summed E-state index contributed by atoms with van der Waals surface area (Å²) in [4.78, 5) is 41.4. The number of fused-ring (bicyclic) bond motifs is 1. The zero-order valence-electron chi connectivity index (χ0n) is 25.5. The molecular weight excluding hydrogens is 562 g/mol. The highest BCUT2D eigenvalue weighted by Crippen LogP contribution is 2.29. The number of ether oxygens (including phenoxy) is 3. The summed E-state index contributed by atoms with van der Waals surface area (Å²) in [6.07, 6.45) is 1.48. The number of likely N-dealkylation sites (N-methyl/N-ethyl adjacent to an activating group) is 1. The summed E-state index contributed by atoms with van der Waals surface area (Å²) >= 11 is 0. The van der Waals surface area contributed by atoms with Crippen molar-refractivity contribution in [2.75, 3.05) is 39.2 Å². The van der Waals surface area contributed by atoms with Gasteiger partial charge in [0.1, 0.15) is 30.0 Å². The van der Waals surface area contributed by atoms with Gasteiger partial charge in [-0.25, -0.2) is 19.6 Å². The number of rotatable bonds is 12. The number of nitrogens with one attached hydrogen (secondary N) is 2. The molecule has 12 heteroatoms. The number of hydrogen-bond acceptors (Lipinski definition) is 10. The Morgan fingerprint density at radius 1 is 1.09 bits per heavy atom. The lowest BCUT2D eigenvalue weighted by Gasteiger charge is -2.22. The van der Waals surface area contributed by atoms with Crippen LogP contribution in [0.2, 0.25) is 0 Å². The first-order valence-corrected chi connectivity index (χ1v) is 14.8. The van der Waals surface area contributed by atoms with Crippen LogP contribution < -0.4 is 10.6 Å². The second-order valence-electron chi connectivity index (χ2n) is 10.6. The van der Waals surface area contributed by atoms with Crippen molar-refractivity contribution in [3.05, 3.63) is 72.2 Å². The summed E-state index contributed by atoms with van der Waals surface area (Å²) in [5.74, 6) is 0.971. The third-order valence-corrected chi connectivity index (χ3v) is 7.62. The van der Waals surface area contributed by atoms with Crippen molar-refractivity contribution in [2.24, 2.45) is 0 Å². The molecule has 12 nitrogen and oxygen atoms in total. The van der Waals surface area contributed by atoms with Gasteiger partial charge < -0.3 is 29.4 Å². The van der Waals surface area contributed by atoms with E-state index in [0.717, 1.165) is 22.4 Å². The zero-order chi connectivity index (χ0) is 31.1. The second-order valence-corrected chi connectivity index (χ2v) is 10.6. The number of carbonyl (C=O) groups excluding carboxylic acids is 2. The van der Waals surface area contributed by atoms with Gasteiger partial charge in [-0.05, 0) is 44.7 Å². The maximum absolute atomic E-state index is 13.0. The summed E-state index contributed by atoms with van der Waals surface area (Å²) < 4.78 is 18.6. The Labute approximate surface area is 256 Å². The number of benzene rings is 1. The van der Waals surface area contributed by atoms with E-state index in [-0.39, 0.29) is 25.3 Å². The van der Waals surface area contributed by atoms with E-state index in [4.69, 9.17) is 29.2 Å². The van der Waals surface area contributed by atoms with E-state index in [1.54, 1.807) is 6.20 Å². The van der Waals surface area contributed by atoms with E-state index in [9.17, 15) is 9.59 Å². The van der Waals surface area contributed by atoms with Crippen LogP contribution in [-0.2, 0) is 32.2 Å². The maximum atomic E-state index is 13.0. The van der Waals surface area contributed by atoms with Crippen molar-refractivity contribution >= 4 is 28.9 Å². The number of imidazole rings is 1. The summed E-state index contributed by atoms with van der Waals surface area (Å²) in [5, 5.41) is 6.61. The SMILES string of the molecule is CCO[C@@H](CNC)Cn1c(C)nc2ccnc(-c3cccc(N[C@H]4C[C@@H](C(=O)OC)N(C(=O)OCc5ccccc5)C4)n3)c21. The van der Waals surface area contributed by atoms with Crippen LogP contribution in [0.25, 0.3) is 22.4 Å². The Morgan fingerprint density at radius 2 is 1.91 bits per heavy atom. The number of likely N-dealkylation sites (tertiary alicyclic amines) is 1. The maximum Gasteiger partial charge on any atom is 0.410 e. The molecule has 1 aliphatic rings. The van der Waals surface area contributed by atoms with Crippen LogP contribution in [0.4, 0.5) is 10.6 Å². The number of nitrogens with zero attached hydrogens (tertiary/aromatic N) is 5. The Morgan fingerprint density at radius 3 is 2.66 bits per heavy atom. The number of pyridine rings is 2. The first kappa shape index (κ1) is 30.9. The van der Waals surface area contributed by atoms with Gasteiger partial charge in [-0.1, -0.05) is 36.4 Å². The molecule has 1 amide bonds. The van der Waals surface area contributed by atoms with E-state index < -0.39 is 18.1 Å². The molecule has 44 heavy (non-hydrogen) atoms. The van der Waals surface area contributed by atoms with Crippen molar-refractivity contribution in [3.8, 4) is 11.4 Å². The molecule has 0 radical (unpaired) electrons. The molecule has 0 unspecified atom stereocenters. The molecule has 0 aliphatic carbocycles. The fourth-order valence-corrected chi connectivity index (χ4v) is 5.61. The van der Waals surface area contributed by atoms with Gasteiger partial charge in [0, 0.05) is 38.4 Å². The van der Waals surface area contributed by atoms with Crippen LogP contribution in [0.3, 0.4) is 0 Å². The fraction of sp³-hybridized carbons (Fsp3) is 0.406. The number of methoxy groups -OCH3 is 1. The van der Waals surface area contributed by atoms with Gasteiger partial charge in [0.2, 0.25) is 0 Å². The smallest absolute Gasteiger partial charge is 0.410 e. The molecule has 3 aromatic heterocycles. The molecule has 232 valence electrons. The monoisotopic (exact) mass is 601 g/mol. The number of anilines is 1. The van der Waals surface area contributed by atoms with E-state index in [1.165, 1.54) is 12.0 Å². The molecular formula is C32H39N7O5. The molecule has 1 aromatic carbocycles. The predicted molar refractivity (Wildman–Crippen MR) is 166 cm³/mol. The first-order chi connectivity index (χ1) is 21.4. The van der Waals surface area contributed by atoms with Gasteiger partial charge in [0.25, 0.3) is 0 Å². The normalized spacial score (nSPS) is 17.0. The van der Waals surface area contributed by atoms with Crippen molar-refractivity contribution < 1.29 is 23.8 Å². The van der Waals surface area contributed by atoms with Crippen molar-refractivity contribution in [2.45, 2.75) is 51.6 Å². The third-order valence-electron chi connectivity index (χ3n) is 7.62. The molecule has 1 aliphatic heterocycles. The molecule has 4 aromatic rings. The zero-order valence-corrected chi connectivity index (χ0v) is 25.5. The largest absolute Gasteiger partial charge is 0.467 e. The minimum atomic E-state index is -0.771. The van der Waals surface area contributed by atoms with Crippen molar-refractivity contribution in [1.82, 2.24) is 29.7 Å². The first-order valence-electron chi connectivity index (χ1n) is 14.8. The molecule has 0 saturated carbocycles. The topological polar surface area (TPSA) is 133 Å². The van der Waals surface area contributed by atoms with E-state index in [2.05, 4.69) is 15.2 Å². The lowest BCUT2D eigenvalue weighted by Crippen LogP contribution is -2.41. The van der Waals surface area contributed by atoms with E-state index >= 15 is 0 Å². The highest BCUT2D eigenvalue weighted by Gasteiger charge is 2.41. The number of esters is 1. The number of aromatic nitrogens is 4. The van der Waals surface area contributed by atoms with Gasteiger partial charge in [-0.15, -0.1) is 0 Å². The van der Waals surface area contributed by atoms with Gasteiger partial charge in [-0.3, -0.25) is 9.88 Å². The molecule has 1 saturated heterocycles. The number of hydrogen-bond donors (Lipinski definition) is 2. The number of amides is 1. The van der Waals surface area contributed by atoms with Crippen molar-refractivity contribution in [1.29, 1.82) is 0 Å². The summed E-state index contributed by atoms with van der Waals surface area (Å²) in [7, 11) is 3.22. The Hall–Kier alpha value is -4.55. The van der Waals surface area contributed by atoms with Crippen LogP contribution in [0.15, 0.2) is 60.8 Å². The lowest BCUT2D eigenvalue weighted by atomic mass is 10.1. The average molecular weight is 602 g/mol. The van der Waals surface area contributed by atoms with E-state index in [1.807, 2.05) is 75.5 Å². The summed E-state index contributed by atoms with van der Waals surface area (Å²) in [5.41, 5.74) is 3.95. The van der Waals surface area contributed by atoms with Gasteiger partial charge in [0.15, 0.2) is 0 Å². The number of carbonyl (C=O) groups is 2.